The van der Waals surface area contributed by atoms with Crippen molar-refractivity contribution in [2.75, 3.05) is 13.1 Å². The summed E-state index contributed by atoms with van der Waals surface area (Å²) in [6.07, 6.45) is 10.8. The molecule has 0 spiro atoms. The minimum Gasteiger partial charge on any atom is -0.359 e. The molecule has 7 nitrogen and oxygen atoms in total. The first kappa shape index (κ1) is 19.1. The van der Waals surface area contributed by atoms with Crippen LogP contribution in [-0.2, 0) is 11.2 Å². The summed E-state index contributed by atoms with van der Waals surface area (Å²) < 4.78 is 1.87. The number of rotatable bonds is 3. The lowest BCUT2D eigenvalue weighted by atomic mass is 9.87. The molecule has 0 aromatic carbocycles. The Kier molecular flexibility index (Phi) is 4.70. The highest BCUT2D eigenvalue weighted by atomic mass is 16.2. The number of amides is 1. The van der Waals surface area contributed by atoms with Gasteiger partial charge in [-0.25, -0.2) is 4.52 Å². The second kappa shape index (κ2) is 7.40. The number of aromatic nitrogens is 3. The van der Waals surface area contributed by atoms with E-state index >= 15 is 0 Å². The standard InChI is InChI=1S/C23H28N6O/c1-4-18-21-10-20(27-29(21)12-15(3)25-18)19-11-22(30)28-13-17(9-14(2)23(28)26-19)16-5-7-24-8-6-16/h9-13,16,23-24,26H,4-8H2,1-3H3. The Labute approximate surface area is 176 Å². The van der Waals surface area contributed by atoms with Crippen LogP contribution in [0.1, 0.15) is 43.8 Å². The van der Waals surface area contributed by atoms with E-state index in [2.05, 4.69) is 35.5 Å². The molecule has 3 aliphatic heterocycles. The first-order chi connectivity index (χ1) is 14.5. The molecule has 0 aliphatic carbocycles. The molecule has 1 fully saturated rings. The maximum Gasteiger partial charge on any atom is 0.254 e. The Morgan fingerprint density at radius 3 is 2.77 bits per heavy atom. The Morgan fingerprint density at radius 2 is 2.00 bits per heavy atom. The van der Waals surface area contributed by atoms with Crippen LogP contribution < -0.4 is 10.6 Å². The largest absolute Gasteiger partial charge is 0.359 e. The van der Waals surface area contributed by atoms with E-state index in [1.165, 1.54) is 5.57 Å². The van der Waals surface area contributed by atoms with E-state index in [4.69, 9.17) is 5.10 Å². The predicted octanol–water partition coefficient (Wildman–Crippen LogP) is 2.54. The molecule has 30 heavy (non-hydrogen) atoms. The van der Waals surface area contributed by atoms with Crippen molar-refractivity contribution in [1.82, 2.24) is 30.1 Å². The normalized spacial score (nSPS) is 22.4. The summed E-state index contributed by atoms with van der Waals surface area (Å²) in [6, 6.07) is 2.02. The molecule has 2 aromatic rings. The van der Waals surface area contributed by atoms with Gasteiger partial charge >= 0.3 is 0 Å². The van der Waals surface area contributed by atoms with Crippen LogP contribution in [-0.4, -0.2) is 44.7 Å². The Balaban J connectivity index is 1.48. The smallest absolute Gasteiger partial charge is 0.254 e. The quantitative estimate of drug-likeness (QED) is 0.822. The lowest BCUT2D eigenvalue weighted by Gasteiger charge is -2.39. The van der Waals surface area contributed by atoms with Gasteiger partial charge in [0.05, 0.1) is 28.8 Å². The Morgan fingerprint density at radius 1 is 1.20 bits per heavy atom. The fourth-order valence-corrected chi connectivity index (χ4v) is 4.70. The number of allylic oxidation sites excluding steroid dienone is 2. The molecule has 5 heterocycles. The Hall–Kier alpha value is -2.93. The van der Waals surface area contributed by atoms with Crippen LogP contribution >= 0.6 is 0 Å². The molecule has 0 saturated carbocycles. The first-order valence-electron chi connectivity index (χ1n) is 10.8. The molecule has 1 unspecified atom stereocenters. The molecule has 7 heteroatoms. The van der Waals surface area contributed by atoms with Crippen LogP contribution in [0.25, 0.3) is 11.2 Å². The van der Waals surface area contributed by atoms with E-state index in [0.29, 0.717) is 5.92 Å². The molecule has 5 rings (SSSR count). The van der Waals surface area contributed by atoms with Gasteiger partial charge in [-0.15, -0.1) is 0 Å². The highest BCUT2D eigenvalue weighted by molar-refractivity contribution is 5.97. The number of nitrogens with zero attached hydrogens (tertiary/aromatic N) is 4. The lowest BCUT2D eigenvalue weighted by Crippen LogP contribution is -2.50. The summed E-state index contributed by atoms with van der Waals surface area (Å²) in [5.41, 5.74) is 6.88. The molecule has 0 radical (unpaired) electrons. The van der Waals surface area contributed by atoms with Crippen molar-refractivity contribution in [3.63, 3.8) is 0 Å². The van der Waals surface area contributed by atoms with Crippen LogP contribution in [0.2, 0.25) is 0 Å². The van der Waals surface area contributed by atoms with Crippen LogP contribution in [0.15, 0.2) is 41.8 Å². The number of fused-ring (bicyclic) bond motifs is 2. The molecule has 2 aromatic heterocycles. The molecular formula is C23H28N6O. The van der Waals surface area contributed by atoms with Crippen LogP contribution in [0.5, 0.6) is 0 Å². The summed E-state index contributed by atoms with van der Waals surface area (Å²) in [7, 11) is 0. The van der Waals surface area contributed by atoms with Crippen molar-refractivity contribution < 1.29 is 4.79 Å². The molecule has 1 saturated heterocycles. The van der Waals surface area contributed by atoms with Crippen LogP contribution in [0, 0.1) is 12.8 Å². The van der Waals surface area contributed by atoms with Crippen molar-refractivity contribution >= 4 is 17.1 Å². The van der Waals surface area contributed by atoms with Crippen molar-refractivity contribution in [1.29, 1.82) is 0 Å². The maximum atomic E-state index is 13.1. The molecule has 3 aliphatic rings. The number of hydrogen-bond donors (Lipinski definition) is 2. The molecule has 1 amide bonds. The molecule has 1 atom stereocenters. The monoisotopic (exact) mass is 404 g/mol. The number of hydrogen-bond acceptors (Lipinski definition) is 5. The average Bonchev–Trinajstić information content (AvgIpc) is 3.18. The van der Waals surface area contributed by atoms with Gasteiger partial charge in [-0.1, -0.05) is 13.0 Å². The maximum absolute atomic E-state index is 13.1. The van der Waals surface area contributed by atoms with Crippen LogP contribution in [0.4, 0.5) is 0 Å². The van der Waals surface area contributed by atoms with Gasteiger partial charge in [-0.3, -0.25) is 14.7 Å². The second-order valence-corrected chi connectivity index (χ2v) is 8.43. The van der Waals surface area contributed by atoms with Gasteiger partial charge in [0.15, 0.2) is 0 Å². The van der Waals surface area contributed by atoms with E-state index in [-0.39, 0.29) is 12.1 Å². The number of nitrogens with one attached hydrogen (secondary N) is 2. The van der Waals surface area contributed by atoms with Gasteiger partial charge in [0, 0.05) is 12.3 Å². The first-order valence-corrected chi connectivity index (χ1v) is 10.8. The van der Waals surface area contributed by atoms with Gasteiger partial charge in [0.1, 0.15) is 11.9 Å². The highest BCUT2D eigenvalue weighted by Crippen LogP contribution is 2.32. The third kappa shape index (κ3) is 3.23. The van der Waals surface area contributed by atoms with E-state index in [1.807, 2.05) is 34.8 Å². The lowest BCUT2D eigenvalue weighted by molar-refractivity contribution is -0.125. The van der Waals surface area contributed by atoms with Crippen molar-refractivity contribution in [3.8, 4) is 0 Å². The summed E-state index contributed by atoms with van der Waals surface area (Å²) in [5, 5.41) is 11.7. The Bertz CT molecular complexity index is 1100. The number of carbonyl (C=O) groups is 1. The number of piperidine rings is 1. The third-order valence-electron chi connectivity index (χ3n) is 6.28. The van der Waals surface area contributed by atoms with Crippen molar-refractivity contribution in [2.45, 2.75) is 46.2 Å². The summed E-state index contributed by atoms with van der Waals surface area (Å²) in [4.78, 5) is 19.5. The van der Waals surface area contributed by atoms with Crippen molar-refractivity contribution in [2.24, 2.45) is 5.92 Å². The summed E-state index contributed by atoms with van der Waals surface area (Å²) in [5.74, 6) is 0.511. The molecular weight excluding hydrogens is 376 g/mol. The zero-order valence-electron chi connectivity index (χ0n) is 17.8. The van der Waals surface area contributed by atoms with Crippen molar-refractivity contribution in [3.05, 3.63) is 58.8 Å². The van der Waals surface area contributed by atoms with E-state index in [0.717, 1.165) is 66.2 Å². The van der Waals surface area contributed by atoms with Gasteiger partial charge in [0.25, 0.3) is 5.91 Å². The highest BCUT2D eigenvalue weighted by Gasteiger charge is 2.33. The molecule has 156 valence electrons. The van der Waals surface area contributed by atoms with Gasteiger partial charge in [-0.05, 0) is 69.3 Å². The van der Waals surface area contributed by atoms with Crippen LogP contribution in [0.3, 0.4) is 0 Å². The minimum absolute atomic E-state index is 0.00490. The second-order valence-electron chi connectivity index (χ2n) is 8.43. The average molecular weight is 405 g/mol. The number of aryl methyl sites for hydroxylation is 2. The minimum atomic E-state index is -0.168. The summed E-state index contributed by atoms with van der Waals surface area (Å²) >= 11 is 0. The number of carbonyl (C=O) groups excluding carboxylic acids is 1. The third-order valence-corrected chi connectivity index (χ3v) is 6.28. The van der Waals surface area contributed by atoms with Gasteiger partial charge in [-0.2, -0.15) is 5.10 Å². The van der Waals surface area contributed by atoms with E-state index in [1.54, 1.807) is 6.08 Å². The fourth-order valence-electron chi connectivity index (χ4n) is 4.70. The zero-order chi connectivity index (χ0) is 20.8. The molecule has 0 bridgehead atoms. The SMILES string of the molecule is CCc1nc(C)cn2nc(C3=CC(=O)N4C=C(C5CCNCC5)C=C(C)C4N3)cc12. The molecule has 2 N–H and O–H groups in total. The topological polar surface area (TPSA) is 74.6 Å². The fraction of sp³-hybridized carbons (Fsp3) is 0.435. The summed E-state index contributed by atoms with van der Waals surface area (Å²) in [6.45, 7) is 8.24. The predicted molar refractivity (Wildman–Crippen MR) is 116 cm³/mol. The van der Waals surface area contributed by atoms with E-state index < -0.39 is 0 Å². The van der Waals surface area contributed by atoms with Gasteiger partial charge < -0.3 is 10.6 Å². The van der Waals surface area contributed by atoms with E-state index in [9.17, 15) is 4.79 Å². The van der Waals surface area contributed by atoms with Gasteiger partial charge in [0.2, 0.25) is 0 Å². The zero-order valence-corrected chi connectivity index (χ0v) is 17.8.